The second-order valence-electron chi connectivity index (χ2n) is 3.81. The molecule has 0 unspecified atom stereocenters. The highest BCUT2D eigenvalue weighted by molar-refractivity contribution is 7.81. The molecule has 0 saturated heterocycles. The maximum Gasteiger partial charge on any atom is 0.255 e. The number of anilines is 1. The first-order chi connectivity index (χ1) is 8.83. The van der Waals surface area contributed by atoms with E-state index < -0.39 is 0 Å². The van der Waals surface area contributed by atoms with E-state index in [0.717, 1.165) is 16.8 Å². The van der Waals surface area contributed by atoms with Crippen LogP contribution in [0.1, 0.15) is 5.89 Å². The lowest BCUT2D eigenvalue weighted by atomic mass is 10.3. The lowest BCUT2D eigenvalue weighted by Gasteiger charge is -2.03. The number of nitrogens with one attached hydrogen (secondary N) is 1. The van der Waals surface area contributed by atoms with Crippen molar-refractivity contribution in [2.75, 3.05) is 5.32 Å². The van der Waals surface area contributed by atoms with E-state index in [9.17, 15) is 0 Å². The third-order valence-electron chi connectivity index (χ3n) is 2.52. The predicted octanol–water partition coefficient (Wildman–Crippen LogP) is 3.62. The molecule has 0 aliphatic carbocycles. The largest absolute Gasteiger partial charge is 0.434 e. The molecule has 0 saturated carbocycles. The minimum atomic E-state index is 0.440. The summed E-state index contributed by atoms with van der Waals surface area (Å²) in [5.74, 6) is 0.440. The van der Waals surface area contributed by atoms with E-state index in [1.54, 1.807) is 0 Å². The SMILES string of the molecule is S=C(Nc1ccccc1)c1nc2ccccc2o1. The molecule has 0 amide bonds. The topological polar surface area (TPSA) is 38.1 Å². The number of hydrogen-bond acceptors (Lipinski definition) is 3. The molecule has 0 bridgehead atoms. The summed E-state index contributed by atoms with van der Waals surface area (Å²) in [6.45, 7) is 0. The molecule has 0 radical (unpaired) electrons. The van der Waals surface area contributed by atoms with Crippen molar-refractivity contribution in [2.24, 2.45) is 0 Å². The summed E-state index contributed by atoms with van der Waals surface area (Å²) in [6.07, 6.45) is 0. The van der Waals surface area contributed by atoms with E-state index in [2.05, 4.69) is 10.3 Å². The molecule has 1 N–H and O–H groups in total. The average Bonchev–Trinajstić information content (AvgIpc) is 2.84. The number of thiocarbonyl (C=S) groups is 1. The van der Waals surface area contributed by atoms with Crippen LogP contribution in [0.2, 0.25) is 0 Å². The molecule has 1 heterocycles. The summed E-state index contributed by atoms with van der Waals surface area (Å²) in [4.78, 5) is 4.82. The number of para-hydroxylation sites is 3. The highest BCUT2D eigenvalue weighted by atomic mass is 32.1. The fourth-order valence-electron chi connectivity index (χ4n) is 1.68. The van der Waals surface area contributed by atoms with Crippen molar-refractivity contribution < 1.29 is 4.42 Å². The Kier molecular flexibility index (Phi) is 2.78. The van der Waals surface area contributed by atoms with Gasteiger partial charge in [-0.2, -0.15) is 0 Å². The molecule has 3 aromatic rings. The van der Waals surface area contributed by atoms with Gasteiger partial charge in [-0.05, 0) is 24.3 Å². The monoisotopic (exact) mass is 254 g/mol. The van der Waals surface area contributed by atoms with Crippen LogP contribution in [0.15, 0.2) is 59.0 Å². The normalized spacial score (nSPS) is 10.4. The Balaban J connectivity index is 1.88. The molecule has 1 aromatic heterocycles. The maximum absolute atomic E-state index is 5.59. The van der Waals surface area contributed by atoms with Gasteiger partial charge >= 0.3 is 0 Å². The van der Waals surface area contributed by atoms with Crippen LogP contribution in [0, 0.1) is 0 Å². The lowest BCUT2D eigenvalue weighted by molar-refractivity contribution is 0.592. The number of fused-ring (bicyclic) bond motifs is 1. The molecule has 0 fully saturated rings. The zero-order chi connectivity index (χ0) is 12.4. The van der Waals surface area contributed by atoms with Crippen molar-refractivity contribution in [1.82, 2.24) is 4.98 Å². The van der Waals surface area contributed by atoms with Crippen molar-refractivity contribution in [3.63, 3.8) is 0 Å². The van der Waals surface area contributed by atoms with E-state index in [0.29, 0.717) is 10.9 Å². The quantitative estimate of drug-likeness (QED) is 0.709. The molecule has 0 atom stereocenters. The van der Waals surface area contributed by atoms with Gasteiger partial charge in [-0.15, -0.1) is 0 Å². The van der Waals surface area contributed by atoms with Crippen LogP contribution in [0.25, 0.3) is 11.1 Å². The van der Waals surface area contributed by atoms with Crippen molar-refractivity contribution >= 4 is 34.0 Å². The van der Waals surface area contributed by atoms with Gasteiger partial charge in [0.05, 0.1) is 0 Å². The Morgan fingerprint density at radius 2 is 1.72 bits per heavy atom. The summed E-state index contributed by atoms with van der Waals surface area (Å²) in [6, 6.07) is 17.3. The van der Waals surface area contributed by atoms with E-state index in [1.165, 1.54) is 0 Å². The van der Waals surface area contributed by atoms with Crippen LogP contribution in [0.4, 0.5) is 5.69 Å². The summed E-state index contributed by atoms with van der Waals surface area (Å²) in [5.41, 5.74) is 2.47. The van der Waals surface area contributed by atoms with Crippen LogP contribution >= 0.6 is 12.2 Å². The van der Waals surface area contributed by atoms with Crippen molar-refractivity contribution in [1.29, 1.82) is 0 Å². The predicted molar refractivity (Wildman–Crippen MR) is 75.8 cm³/mol. The average molecular weight is 254 g/mol. The Bertz CT molecular complexity index is 658. The van der Waals surface area contributed by atoms with Gasteiger partial charge in [-0.3, -0.25) is 0 Å². The van der Waals surface area contributed by atoms with Crippen molar-refractivity contribution in [3.8, 4) is 0 Å². The second kappa shape index (κ2) is 4.58. The maximum atomic E-state index is 5.59. The highest BCUT2D eigenvalue weighted by Gasteiger charge is 2.10. The molecule has 0 aliphatic rings. The van der Waals surface area contributed by atoms with E-state index in [-0.39, 0.29) is 0 Å². The van der Waals surface area contributed by atoms with Crippen LogP contribution in [-0.2, 0) is 0 Å². The Labute approximate surface area is 109 Å². The summed E-state index contributed by atoms with van der Waals surface area (Å²) < 4.78 is 5.59. The summed E-state index contributed by atoms with van der Waals surface area (Å²) in [7, 11) is 0. The molecule has 3 rings (SSSR count). The van der Waals surface area contributed by atoms with Gasteiger partial charge in [0, 0.05) is 5.69 Å². The zero-order valence-electron chi connectivity index (χ0n) is 9.46. The molecule has 4 heteroatoms. The minimum Gasteiger partial charge on any atom is -0.434 e. The van der Waals surface area contributed by atoms with E-state index in [4.69, 9.17) is 16.6 Å². The first-order valence-electron chi connectivity index (χ1n) is 5.55. The van der Waals surface area contributed by atoms with E-state index in [1.807, 2.05) is 54.6 Å². The lowest BCUT2D eigenvalue weighted by Crippen LogP contribution is -2.10. The van der Waals surface area contributed by atoms with Crippen LogP contribution in [0.5, 0.6) is 0 Å². The molecule has 0 spiro atoms. The number of hydrogen-bond donors (Lipinski definition) is 1. The molecule has 0 aliphatic heterocycles. The van der Waals surface area contributed by atoms with Gasteiger partial charge in [0.1, 0.15) is 5.52 Å². The van der Waals surface area contributed by atoms with Crippen molar-refractivity contribution in [3.05, 3.63) is 60.5 Å². The number of benzene rings is 2. The molecule has 18 heavy (non-hydrogen) atoms. The number of rotatable bonds is 2. The Hall–Kier alpha value is -2.20. The zero-order valence-corrected chi connectivity index (χ0v) is 10.3. The third kappa shape index (κ3) is 2.10. The van der Waals surface area contributed by atoms with Gasteiger partial charge in [-0.1, -0.05) is 42.5 Å². The Morgan fingerprint density at radius 3 is 2.50 bits per heavy atom. The standard InChI is InChI=1S/C14H10N2OS/c18-14(15-10-6-2-1-3-7-10)13-16-11-8-4-5-9-12(11)17-13/h1-9H,(H,15,18). The molecule has 88 valence electrons. The van der Waals surface area contributed by atoms with Gasteiger partial charge in [0.15, 0.2) is 10.6 Å². The highest BCUT2D eigenvalue weighted by Crippen LogP contribution is 2.16. The van der Waals surface area contributed by atoms with Gasteiger partial charge in [0.2, 0.25) is 0 Å². The first-order valence-corrected chi connectivity index (χ1v) is 5.96. The van der Waals surface area contributed by atoms with Gasteiger partial charge < -0.3 is 9.73 Å². The summed E-state index contributed by atoms with van der Waals surface area (Å²) >= 11 is 5.28. The van der Waals surface area contributed by atoms with E-state index >= 15 is 0 Å². The van der Waals surface area contributed by atoms with Crippen molar-refractivity contribution in [2.45, 2.75) is 0 Å². The van der Waals surface area contributed by atoms with Gasteiger partial charge in [-0.25, -0.2) is 4.98 Å². The van der Waals surface area contributed by atoms with Crippen LogP contribution in [0.3, 0.4) is 0 Å². The Morgan fingerprint density at radius 1 is 1.00 bits per heavy atom. The minimum absolute atomic E-state index is 0.440. The second-order valence-corrected chi connectivity index (χ2v) is 4.22. The van der Waals surface area contributed by atoms with Gasteiger partial charge in [0.25, 0.3) is 5.89 Å². The molecular formula is C14H10N2OS. The molecule has 3 nitrogen and oxygen atoms in total. The summed E-state index contributed by atoms with van der Waals surface area (Å²) in [5, 5.41) is 3.09. The van der Waals surface area contributed by atoms with Crippen LogP contribution < -0.4 is 5.32 Å². The fraction of sp³-hybridized carbons (Fsp3) is 0. The first kappa shape index (κ1) is 10.9. The molecule has 2 aromatic carbocycles. The van der Waals surface area contributed by atoms with Crippen LogP contribution in [-0.4, -0.2) is 9.97 Å². The number of aromatic nitrogens is 1. The third-order valence-corrected chi connectivity index (χ3v) is 2.80. The smallest absolute Gasteiger partial charge is 0.255 e. The number of nitrogens with zero attached hydrogens (tertiary/aromatic N) is 1. The number of oxazole rings is 1. The molecular weight excluding hydrogens is 244 g/mol. The fourth-order valence-corrected chi connectivity index (χ4v) is 1.88.